The zero-order chi connectivity index (χ0) is 41.9. The minimum absolute atomic E-state index is 0.0465. The molecule has 228 valence electrons. The summed E-state index contributed by atoms with van der Waals surface area (Å²) < 4.78 is 103. The molecule has 0 atom stereocenters. The minimum atomic E-state index is -0.655. The zero-order valence-electron chi connectivity index (χ0n) is 36.9. The third-order valence-corrected chi connectivity index (χ3v) is 9.27. The second-order valence-electron chi connectivity index (χ2n) is 11.9. The van der Waals surface area contributed by atoms with Crippen molar-refractivity contribution in [2.75, 3.05) is 0 Å². The van der Waals surface area contributed by atoms with Crippen molar-refractivity contribution in [1.29, 1.82) is 0 Å². The largest absolute Gasteiger partial charge is 0.455 e. The molecule has 1 nitrogen and oxygen atoms in total. The molecule has 0 aliphatic heterocycles. The van der Waals surface area contributed by atoms with Crippen molar-refractivity contribution in [3.8, 4) is 44.5 Å². The zero-order valence-corrected chi connectivity index (χ0v) is 25.9. The van der Waals surface area contributed by atoms with Gasteiger partial charge >= 0.3 is 0 Å². The van der Waals surface area contributed by atoms with Crippen LogP contribution in [-0.2, 0) is 0 Å². The van der Waals surface area contributed by atoms with Crippen LogP contribution < -0.4 is 0 Å². The number of rotatable bonds is 4. The molecule has 1 heteroatoms. The Hall–Kier alpha value is -6.44. The van der Waals surface area contributed by atoms with E-state index in [4.69, 9.17) is 15.4 Å². The van der Waals surface area contributed by atoms with Gasteiger partial charge in [0.1, 0.15) is 11.2 Å². The lowest BCUT2D eigenvalue weighted by molar-refractivity contribution is 0.670. The van der Waals surface area contributed by atoms with Gasteiger partial charge < -0.3 is 4.42 Å². The van der Waals surface area contributed by atoms with Gasteiger partial charge in [0.05, 0.1) is 15.1 Å². The van der Waals surface area contributed by atoms with E-state index in [1.807, 2.05) is 78.9 Å². The Morgan fingerprint density at radius 3 is 1.63 bits per heavy atom. The van der Waals surface area contributed by atoms with Gasteiger partial charge in [0.2, 0.25) is 0 Å². The highest BCUT2D eigenvalue weighted by Crippen LogP contribution is 2.47. The molecule has 0 radical (unpaired) electrons. The van der Waals surface area contributed by atoms with E-state index in [2.05, 4.69) is 36.4 Å². The predicted molar refractivity (Wildman–Crippen MR) is 208 cm³/mol. The number of fused-ring (bicyclic) bond motifs is 6. The lowest BCUT2D eigenvalue weighted by Crippen LogP contribution is -1.92. The summed E-state index contributed by atoms with van der Waals surface area (Å²) in [5, 5.41) is 5.66. The van der Waals surface area contributed by atoms with Crippen molar-refractivity contribution in [3.05, 3.63) is 182 Å². The average molecular weight is 634 g/mol. The van der Waals surface area contributed by atoms with Crippen molar-refractivity contribution in [1.82, 2.24) is 0 Å². The van der Waals surface area contributed by atoms with Gasteiger partial charge in [-0.1, -0.05) is 170 Å². The van der Waals surface area contributed by atoms with E-state index in [1.54, 1.807) is 0 Å². The fraction of sp³-hybridized carbons (Fsp3) is 0. The van der Waals surface area contributed by atoms with Crippen molar-refractivity contribution in [3.63, 3.8) is 0 Å². The van der Waals surface area contributed by atoms with Crippen LogP contribution in [0.25, 0.3) is 98.8 Å². The molecule has 0 amide bonds. The molecule has 0 saturated heterocycles. The summed E-state index contributed by atoms with van der Waals surface area (Å²) in [5.74, 6) is 0. The van der Waals surface area contributed by atoms with Crippen LogP contribution in [0.5, 0.6) is 0 Å². The molecule has 0 fully saturated rings. The van der Waals surface area contributed by atoms with E-state index in [-0.39, 0.29) is 45.2 Å². The van der Waals surface area contributed by atoms with Gasteiger partial charge in [0, 0.05) is 16.3 Å². The highest BCUT2D eigenvalue weighted by Gasteiger charge is 2.19. The maximum absolute atomic E-state index is 9.69. The molecule has 0 unspecified atom stereocenters. The lowest BCUT2D eigenvalue weighted by Gasteiger charge is -2.19. The summed E-state index contributed by atoms with van der Waals surface area (Å²) in [6.45, 7) is 0. The SMILES string of the molecule is [2H]c1c([2H])c([2H])c(-c2c([2H])c([2H])c([2H])c3c2oc2c([2H])c([2H])c(-c4ccc(-c5c6ccccc6c(-c6ccccc6)c6ccccc56)c5ccccc45)c([2H])c23)c([2H])c1[2H]. The van der Waals surface area contributed by atoms with E-state index >= 15 is 0 Å². The Morgan fingerprint density at radius 1 is 0.347 bits per heavy atom. The Balaban J connectivity index is 1.28. The monoisotopic (exact) mass is 633 g/mol. The van der Waals surface area contributed by atoms with Gasteiger partial charge in [-0.2, -0.15) is 0 Å². The summed E-state index contributed by atoms with van der Waals surface area (Å²) in [7, 11) is 0. The third-order valence-electron chi connectivity index (χ3n) is 9.27. The molecule has 0 spiro atoms. The topological polar surface area (TPSA) is 13.1 Å². The first kappa shape index (κ1) is 18.8. The summed E-state index contributed by atoms with van der Waals surface area (Å²) >= 11 is 0. The van der Waals surface area contributed by atoms with Gasteiger partial charge in [0.15, 0.2) is 0 Å². The summed E-state index contributed by atoms with van der Waals surface area (Å²) in [6.07, 6.45) is 0. The molecule has 0 aliphatic carbocycles. The van der Waals surface area contributed by atoms with Crippen molar-refractivity contribution < 1.29 is 19.5 Å². The Labute approximate surface area is 299 Å². The van der Waals surface area contributed by atoms with Crippen LogP contribution in [0, 0.1) is 0 Å². The van der Waals surface area contributed by atoms with Crippen LogP contribution in [0.4, 0.5) is 0 Å². The molecule has 49 heavy (non-hydrogen) atoms. The molecule has 0 aliphatic rings. The van der Waals surface area contributed by atoms with Crippen molar-refractivity contribution in [2.45, 2.75) is 0 Å². The van der Waals surface area contributed by atoms with E-state index in [1.165, 1.54) is 0 Å². The fourth-order valence-electron chi connectivity index (χ4n) is 7.18. The van der Waals surface area contributed by atoms with Crippen LogP contribution in [0.2, 0.25) is 0 Å². The Morgan fingerprint density at radius 2 is 0.939 bits per heavy atom. The molecular formula is C48H30O. The van der Waals surface area contributed by atoms with Crippen LogP contribution >= 0.6 is 0 Å². The number of benzene rings is 9. The lowest BCUT2D eigenvalue weighted by atomic mass is 9.84. The highest BCUT2D eigenvalue weighted by molar-refractivity contribution is 6.24. The first-order valence-electron chi connectivity index (χ1n) is 21.5. The standard InChI is InChI=1S/C48H30O/c1-3-14-31(15-4-1)35-24-13-25-43-44-30-33(26-29-45(44)49-48(35)43)34-27-28-42(37-19-8-7-18-36(34)37)47-40-22-11-9-20-38(40)46(32-16-5-2-6-17-32)39-21-10-12-23-41(39)47/h1-30H/i1D,3D,4D,13D,14D,15D,24D,25D,26D,29D,30D. The first-order chi connectivity index (χ1) is 28.9. The number of hydrogen-bond acceptors (Lipinski definition) is 1. The van der Waals surface area contributed by atoms with Crippen LogP contribution in [-0.4, -0.2) is 0 Å². The van der Waals surface area contributed by atoms with Crippen molar-refractivity contribution in [2.24, 2.45) is 0 Å². The van der Waals surface area contributed by atoms with Crippen LogP contribution in [0.15, 0.2) is 186 Å². The molecule has 10 rings (SSSR count). The number of hydrogen-bond donors (Lipinski definition) is 0. The van der Waals surface area contributed by atoms with Gasteiger partial charge in [-0.15, -0.1) is 0 Å². The average Bonchev–Trinajstić information content (AvgIpc) is 3.68. The second kappa shape index (κ2) is 11.1. The Kier molecular flexibility index (Phi) is 4.25. The number of furan rings is 1. The van der Waals surface area contributed by atoms with E-state index < -0.39 is 59.9 Å². The van der Waals surface area contributed by atoms with E-state index in [9.17, 15) is 4.11 Å². The van der Waals surface area contributed by atoms with Gasteiger partial charge in [-0.05, 0) is 83.3 Å². The van der Waals surface area contributed by atoms with Crippen LogP contribution in [0.3, 0.4) is 0 Å². The van der Waals surface area contributed by atoms with Crippen molar-refractivity contribution >= 4 is 54.3 Å². The summed E-state index contributed by atoms with van der Waals surface area (Å²) in [5.41, 5.74) is 3.53. The first-order valence-corrected chi connectivity index (χ1v) is 16.0. The smallest absolute Gasteiger partial charge is 0.143 e. The predicted octanol–water partition coefficient (Wildman–Crippen LogP) is 13.7. The van der Waals surface area contributed by atoms with Gasteiger partial charge in [-0.25, -0.2) is 0 Å². The van der Waals surface area contributed by atoms with Gasteiger partial charge in [-0.3, -0.25) is 0 Å². The molecule has 10 aromatic rings. The number of para-hydroxylation sites is 1. The fourth-order valence-corrected chi connectivity index (χ4v) is 7.18. The van der Waals surface area contributed by atoms with E-state index in [0.29, 0.717) is 10.9 Å². The molecule has 0 bridgehead atoms. The maximum Gasteiger partial charge on any atom is 0.143 e. The van der Waals surface area contributed by atoms with Crippen LogP contribution in [0.1, 0.15) is 15.1 Å². The molecular weight excluding hydrogens is 593 g/mol. The third kappa shape index (κ3) is 4.33. The minimum Gasteiger partial charge on any atom is -0.455 e. The van der Waals surface area contributed by atoms with E-state index in [0.717, 1.165) is 49.2 Å². The molecule has 1 heterocycles. The maximum atomic E-state index is 9.69. The normalized spacial score (nSPS) is 14.8. The Bertz CT molecular complexity index is 3420. The molecule has 0 saturated carbocycles. The second-order valence-corrected chi connectivity index (χ2v) is 11.9. The molecule has 1 aromatic heterocycles. The highest BCUT2D eigenvalue weighted by atomic mass is 16.3. The molecule has 0 N–H and O–H groups in total. The quantitative estimate of drug-likeness (QED) is 0.176. The molecule has 9 aromatic carbocycles. The summed E-state index contributed by atoms with van der Waals surface area (Å²) in [6, 6.07) is 32.7. The summed E-state index contributed by atoms with van der Waals surface area (Å²) in [4.78, 5) is 0. The van der Waals surface area contributed by atoms with Gasteiger partial charge in [0.25, 0.3) is 0 Å².